The predicted octanol–water partition coefficient (Wildman–Crippen LogP) is 3.30. The lowest BCUT2D eigenvalue weighted by atomic mass is 10.1. The van der Waals surface area contributed by atoms with Gasteiger partial charge in [0.15, 0.2) is 0 Å². The van der Waals surface area contributed by atoms with Crippen LogP contribution in [0.1, 0.15) is 56.0 Å². The Kier molecular flexibility index (Phi) is 8.65. The molecule has 1 fully saturated rings. The number of carbonyl (C=O) groups is 1. The Morgan fingerprint density at radius 1 is 1.18 bits per heavy atom. The highest BCUT2D eigenvalue weighted by atomic mass is 32.2. The second kappa shape index (κ2) is 11.3. The first-order valence-electron chi connectivity index (χ1n) is 11.9. The SMILES string of the molecule is CCOC(=O)C(C)N(Cc1cccc(CN2CCCC2)c1)c1nc(S(C)(=O)=O)nc(C)c1CC. The lowest BCUT2D eigenvalue weighted by Crippen LogP contribution is -2.41. The van der Waals surface area contributed by atoms with Crippen molar-refractivity contribution in [3.05, 3.63) is 46.6 Å². The molecule has 0 saturated carbocycles. The summed E-state index contributed by atoms with van der Waals surface area (Å²) in [5.41, 5.74) is 3.65. The fourth-order valence-corrected chi connectivity index (χ4v) is 4.94. The average Bonchev–Trinajstić information content (AvgIpc) is 3.29. The summed E-state index contributed by atoms with van der Waals surface area (Å²) in [7, 11) is -3.63. The maximum atomic E-state index is 12.8. The van der Waals surface area contributed by atoms with Crippen LogP contribution in [0.5, 0.6) is 0 Å². The van der Waals surface area contributed by atoms with Crippen molar-refractivity contribution in [3.63, 3.8) is 0 Å². The van der Waals surface area contributed by atoms with Crippen molar-refractivity contribution in [3.8, 4) is 0 Å². The van der Waals surface area contributed by atoms with Crippen LogP contribution in [0.15, 0.2) is 29.4 Å². The number of anilines is 1. The fraction of sp³-hybridized carbons (Fsp3) is 0.560. The number of benzene rings is 1. The van der Waals surface area contributed by atoms with E-state index < -0.39 is 15.9 Å². The van der Waals surface area contributed by atoms with Crippen LogP contribution in [-0.2, 0) is 38.9 Å². The van der Waals surface area contributed by atoms with Gasteiger partial charge in [0.1, 0.15) is 11.9 Å². The molecule has 1 unspecified atom stereocenters. The zero-order valence-electron chi connectivity index (χ0n) is 20.9. The maximum Gasteiger partial charge on any atom is 0.328 e. The van der Waals surface area contributed by atoms with Crippen LogP contribution in [0.4, 0.5) is 5.82 Å². The van der Waals surface area contributed by atoms with E-state index in [0.717, 1.165) is 37.0 Å². The zero-order valence-corrected chi connectivity index (χ0v) is 21.7. The Bertz CT molecular complexity index is 1110. The van der Waals surface area contributed by atoms with Crippen LogP contribution in [0.3, 0.4) is 0 Å². The van der Waals surface area contributed by atoms with Crippen LogP contribution in [-0.4, -0.2) is 61.2 Å². The van der Waals surface area contributed by atoms with Crippen LogP contribution >= 0.6 is 0 Å². The molecule has 0 radical (unpaired) electrons. The largest absolute Gasteiger partial charge is 0.464 e. The molecular formula is C25H36N4O4S. The third-order valence-electron chi connectivity index (χ3n) is 6.17. The number of likely N-dealkylation sites (tertiary alicyclic amines) is 1. The molecule has 3 rings (SSSR count). The first-order valence-corrected chi connectivity index (χ1v) is 13.8. The molecule has 1 saturated heterocycles. The van der Waals surface area contributed by atoms with Crippen LogP contribution in [0, 0.1) is 6.92 Å². The molecule has 1 atom stereocenters. The van der Waals surface area contributed by atoms with Crippen molar-refractivity contribution >= 4 is 21.6 Å². The van der Waals surface area contributed by atoms with E-state index in [1.165, 1.54) is 18.4 Å². The number of ether oxygens (including phenoxy) is 1. The minimum Gasteiger partial charge on any atom is -0.464 e. The third kappa shape index (κ3) is 6.33. The highest BCUT2D eigenvalue weighted by molar-refractivity contribution is 7.90. The molecule has 1 aliphatic rings. The molecule has 2 heterocycles. The quantitative estimate of drug-likeness (QED) is 0.372. The Labute approximate surface area is 203 Å². The number of sulfone groups is 1. The molecule has 0 spiro atoms. The monoisotopic (exact) mass is 488 g/mol. The van der Waals surface area contributed by atoms with E-state index in [4.69, 9.17) is 4.74 Å². The highest BCUT2D eigenvalue weighted by Crippen LogP contribution is 2.27. The standard InChI is InChI=1S/C25H36N4O4S/c1-6-22-18(3)26-25(34(5,31)32)27-23(22)29(19(4)24(30)33-7-2)17-21-12-10-11-20(15-21)16-28-13-8-9-14-28/h10-12,15,19H,6-9,13-14,16-17H2,1-5H3. The summed E-state index contributed by atoms with van der Waals surface area (Å²) in [6.07, 6.45) is 4.17. The van der Waals surface area contributed by atoms with Crippen molar-refractivity contribution < 1.29 is 17.9 Å². The minimum atomic E-state index is -3.63. The van der Waals surface area contributed by atoms with Gasteiger partial charge in [-0.1, -0.05) is 31.2 Å². The summed E-state index contributed by atoms with van der Waals surface area (Å²) in [6, 6.07) is 7.67. The van der Waals surface area contributed by atoms with E-state index in [2.05, 4.69) is 27.0 Å². The molecule has 2 aromatic rings. The molecule has 8 nitrogen and oxygen atoms in total. The average molecular weight is 489 g/mol. The summed E-state index contributed by atoms with van der Waals surface area (Å²) in [4.78, 5) is 25.7. The van der Waals surface area contributed by atoms with Gasteiger partial charge >= 0.3 is 5.97 Å². The second-order valence-electron chi connectivity index (χ2n) is 8.88. The summed E-state index contributed by atoms with van der Waals surface area (Å²) in [6.45, 7) is 11.1. The predicted molar refractivity (Wildman–Crippen MR) is 132 cm³/mol. The number of aryl methyl sites for hydroxylation is 1. The van der Waals surface area contributed by atoms with Gasteiger partial charge in [0.05, 0.1) is 6.61 Å². The van der Waals surface area contributed by atoms with Crippen molar-refractivity contribution in [1.29, 1.82) is 0 Å². The van der Waals surface area contributed by atoms with E-state index in [1.807, 2.05) is 24.0 Å². The van der Waals surface area contributed by atoms with Crippen LogP contribution in [0.2, 0.25) is 0 Å². The number of carbonyl (C=O) groups excluding carboxylic acids is 1. The molecule has 1 aromatic heterocycles. The van der Waals surface area contributed by atoms with Gasteiger partial charge < -0.3 is 9.64 Å². The van der Waals surface area contributed by atoms with Gasteiger partial charge in [0.2, 0.25) is 15.0 Å². The molecule has 0 amide bonds. The number of rotatable bonds is 10. The van der Waals surface area contributed by atoms with E-state index >= 15 is 0 Å². The molecular weight excluding hydrogens is 452 g/mol. The number of nitrogens with zero attached hydrogens (tertiary/aromatic N) is 4. The first kappa shape index (κ1) is 26.1. The van der Waals surface area contributed by atoms with Gasteiger partial charge in [-0.25, -0.2) is 23.2 Å². The Morgan fingerprint density at radius 2 is 1.85 bits per heavy atom. The Balaban J connectivity index is 2.03. The normalized spacial score (nSPS) is 15.3. The van der Waals surface area contributed by atoms with Gasteiger partial charge in [-0.2, -0.15) is 0 Å². The topological polar surface area (TPSA) is 92.7 Å². The number of hydrogen-bond acceptors (Lipinski definition) is 8. The maximum absolute atomic E-state index is 12.8. The highest BCUT2D eigenvalue weighted by Gasteiger charge is 2.29. The lowest BCUT2D eigenvalue weighted by molar-refractivity contribution is -0.144. The van der Waals surface area contributed by atoms with Gasteiger partial charge in [0.25, 0.3) is 0 Å². The van der Waals surface area contributed by atoms with Gasteiger partial charge in [-0.05, 0) is 64.3 Å². The van der Waals surface area contributed by atoms with E-state index in [-0.39, 0.29) is 17.7 Å². The van der Waals surface area contributed by atoms with Crippen molar-refractivity contribution in [2.24, 2.45) is 0 Å². The van der Waals surface area contributed by atoms with E-state index in [0.29, 0.717) is 24.5 Å². The lowest BCUT2D eigenvalue weighted by Gasteiger charge is -2.31. The van der Waals surface area contributed by atoms with Crippen molar-refractivity contribution in [2.45, 2.75) is 71.2 Å². The molecule has 34 heavy (non-hydrogen) atoms. The van der Waals surface area contributed by atoms with Gasteiger partial charge in [-0.3, -0.25) is 4.90 Å². The van der Waals surface area contributed by atoms with Crippen LogP contribution < -0.4 is 4.90 Å². The zero-order chi connectivity index (χ0) is 24.9. The smallest absolute Gasteiger partial charge is 0.328 e. The summed E-state index contributed by atoms with van der Waals surface area (Å²) >= 11 is 0. The molecule has 186 valence electrons. The summed E-state index contributed by atoms with van der Waals surface area (Å²) < 4.78 is 29.9. The molecule has 0 bridgehead atoms. The summed E-state index contributed by atoms with van der Waals surface area (Å²) in [5.74, 6) is 0.0795. The molecule has 9 heteroatoms. The van der Waals surface area contributed by atoms with E-state index in [1.54, 1.807) is 20.8 Å². The molecule has 0 aliphatic carbocycles. The van der Waals surface area contributed by atoms with Gasteiger partial charge in [0, 0.05) is 30.6 Å². The third-order valence-corrected chi connectivity index (χ3v) is 7.02. The Hall–Kier alpha value is -2.52. The van der Waals surface area contributed by atoms with Gasteiger partial charge in [-0.15, -0.1) is 0 Å². The second-order valence-corrected chi connectivity index (χ2v) is 10.8. The first-order chi connectivity index (χ1) is 16.1. The minimum absolute atomic E-state index is 0.235. The number of aromatic nitrogens is 2. The number of esters is 1. The number of hydrogen-bond donors (Lipinski definition) is 0. The molecule has 1 aromatic carbocycles. The Morgan fingerprint density at radius 3 is 2.47 bits per heavy atom. The van der Waals surface area contributed by atoms with Crippen molar-refractivity contribution in [1.82, 2.24) is 14.9 Å². The summed E-state index contributed by atoms with van der Waals surface area (Å²) in [5, 5.41) is -0.235. The fourth-order valence-electron chi connectivity index (χ4n) is 4.38. The van der Waals surface area contributed by atoms with Crippen molar-refractivity contribution in [2.75, 3.05) is 30.9 Å². The molecule has 1 aliphatic heterocycles. The molecule has 0 N–H and O–H groups in total. The van der Waals surface area contributed by atoms with Crippen LogP contribution in [0.25, 0.3) is 0 Å². The van der Waals surface area contributed by atoms with E-state index in [9.17, 15) is 13.2 Å².